The number of carbonyl (C=O) groups excluding carboxylic acids is 1. The third-order valence-corrected chi connectivity index (χ3v) is 10.7. The summed E-state index contributed by atoms with van der Waals surface area (Å²) < 4.78 is 7.60. The van der Waals surface area contributed by atoms with Gasteiger partial charge in [0, 0.05) is 16.3 Å². The number of fused-ring (bicyclic) bond motifs is 7. The van der Waals surface area contributed by atoms with Gasteiger partial charge in [-0.3, -0.25) is 14.2 Å². The summed E-state index contributed by atoms with van der Waals surface area (Å²) in [5, 5.41) is 6.58. The topological polar surface area (TPSA) is 64.2 Å². The summed E-state index contributed by atoms with van der Waals surface area (Å²) in [4.78, 5) is 27.3. The Morgan fingerprint density at radius 1 is 1.06 bits per heavy atom. The number of amides is 1. The molecule has 2 saturated carbocycles. The number of nitrogens with zero attached hydrogens (tertiary/aromatic N) is 1. The van der Waals surface area contributed by atoms with Crippen molar-refractivity contribution >= 4 is 45.5 Å². The fourth-order valence-electron chi connectivity index (χ4n) is 6.54. The molecular weight excluding hydrogens is 464 g/mol. The van der Waals surface area contributed by atoms with Gasteiger partial charge in [-0.15, -0.1) is 11.8 Å². The smallest absolute Gasteiger partial charge is 0.308 e. The van der Waals surface area contributed by atoms with Crippen molar-refractivity contribution in [3.8, 4) is 0 Å². The Kier molecular flexibility index (Phi) is 4.78. The number of thioether (sulfide) groups is 1. The molecule has 2 bridgehead atoms. The Morgan fingerprint density at radius 2 is 1.91 bits per heavy atom. The van der Waals surface area contributed by atoms with E-state index in [9.17, 15) is 9.59 Å². The van der Waals surface area contributed by atoms with E-state index in [0.29, 0.717) is 23.0 Å². The molecule has 3 heterocycles. The number of aromatic nitrogens is 1. The average molecular weight is 489 g/mol. The molecule has 2 aromatic carbocycles. The number of thiazole rings is 1. The first kappa shape index (κ1) is 20.6. The molecule has 7 heteroatoms. The maximum atomic E-state index is 13.2. The summed E-state index contributed by atoms with van der Waals surface area (Å²) in [5.74, 6) is 2.80. The molecule has 2 aromatic heterocycles. The molecule has 0 radical (unpaired) electrons. The van der Waals surface area contributed by atoms with Gasteiger partial charge >= 0.3 is 4.87 Å². The summed E-state index contributed by atoms with van der Waals surface area (Å²) in [6.45, 7) is 0.0250. The van der Waals surface area contributed by atoms with Crippen molar-refractivity contribution in [1.29, 1.82) is 0 Å². The van der Waals surface area contributed by atoms with Crippen LogP contribution in [0.25, 0.3) is 10.8 Å². The molecule has 5 nitrogen and oxygen atoms in total. The summed E-state index contributed by atoms with van der Waals surface area (Å²) in [6, 6.07) is 17.9. The lowest BCUT2D eigenvalue weighted by molar-refractivity contribution is -0.116. The van der Waals surface area contributed by atoms with Gasteiger partial charge < -0.3 is 9.73 Å². The summed E-state index contributed by atoms with van der Waals surface area (Å²) >= 11 is 3.14. The van der Waals surface area contributed by atoms with Crippen LogP contribution in [0.3, 0.4) is 0 Å². The van der Waals surface area contributed by atoms with Gasteiger partial charge in [-0.25, -0.2) is 0 Å². The van der Waals surface area contributed by atoms with E-state index in [0.717, 1.165) is 32.1 Å². The van der Waals surface area contributed by atoms with Crippen molar-refractivity contribution in [1.82, 2.24) is 4.57 Å². The van der Waals surface area contributed by atoms with Crippen molar-refractivity contribution < 1.29 is 9.21 Å². The summed E-state index contributed by atoms with van der Waals surface area (Å²) in [7, 11) is 0. The van der Waals surface area contributed by atoms with Crippen molar-refractivity contribution in [2.75, 3.05) is 5.32 Å². The number of hydrogen-bond donors (Lipinski definition) is 1. The Bertz CT molecular complexity index is 1450. The van der Waals surface area contributed by atoms with Crippen molar-refractivity contribution in [3.05, 3.63) is 81.2 Å². The van der Waals surface area contributed by atoms with Crippen molar-refractivity contribution in [2.24, 2.45) is 17.8 Å². The maximum Gasteiger partial charge on any atom is 0.308 e. The predicted octanol–water partition coefficient (Wildman–Crippen LogP) is 5.95. The van der Waals surface area contributed by atoms with Gasteiger partial charge in [-0.2, -0.15) is 0 Å². The predicted molar refractivity (Wildman–Crippen MR) is 136 cm³/mol. The molecule has 1 N–H and O–H groups in total. The largest absolute Gasteiger partial charge is 0.469 e. The number of hydrogen-bond acceptors (Lipinski definition) is 5. The molecule has 1 amide bonds. The van der Waals surface area contributed by atoms with Gasteiger partial charge in [0.15, 0.2) is 0 Å². The van der Waals surface area contributed by atoms with Gasteiger partial charge in [0.1, 0.15) is 12.3 Å². The molecular formula is C27H24N2O3S2. The number of carbonyl (C=O) groups is 1. The molecule has 34 heavy (non-hydrogen) atoms. The monoisotopic (exact) mass is 488 g/mol. The van der Waals surface area contributed by atoms with Crippen LogP contribution >= 0.6 is 23.1 Å². The molecule has 7 rings (SSSR count). The quantitative estimate of drug-likeness (QED) is 0.386. The maximum absolute atomic E-state index is 13.2. The van der Waals surface area contributed by atoms with E-state index in [1.165, 1.54) is 30.6 Å². The molecule has 1 aliphatic heterocycles. The number of furan rings is 1. The second-order valence-electron chi connectivity index (χ2n) is 9.68. The van der Waals surface area contributed by atoms with Gasteiger partial charge in [-0.05, 0) is 60.6 Å². The lowest BCUT2D eigenvalue weighted by Gasteiger charge is -2.39. The van der Waals surface area contributed by atoms with E-state index in [-0.39, 0.29) is 23.2 Å². The highest BCUT2D eigenvalue weighted by Crippen LogP contribution is 2.64. The SMILES string of the molecule is O=C(Cn1c2c(sc1=O)C(c1ccco1)C1C3CCC(C3)C1S2)Nc1cccc2ccccc12. The van der Waals surface area contributed by atoms with E-state index in [4.69, 9.17) is 4.42 Å². The Hall–Kier alpha value is -2.77. The number of anilines is 1. The van der Waals surface area contributed by atoms with E-state index in [1.54, 1.807) is 10.8 Å². The van der Waals surface area contributed by atoms with Crippen molar-refractivity contribution in [2.45, 2.75) is 42.0 Å². The first-order chi connectivity index (χ1) is 16.7. The van der Waals surface area contributed by atoms with Crippen LogP contribution in [0.2, 0.25) is 0 Å². The minimum atomic E-state index is -0.177. The van der Waals surface area contributed by atoms with Crippen LogP contribution in [-0.2, 0) is 11.3 Å². The van der Waals surface area contributed by atoms with E-state index in [2.05, 4.69) is 11.4 Å². The fourth-order valence-corrected chi connectivity index (χ4v) is 9.67. The first-order valence-corrected chi connectivity index (χ1v) is 13.6. The zero-order valence-corrected chi connectivity index (χ0v) is 20.1. The lowest BCUT2D eigenvalue weighted by atomic mass is 9.77. The highest BCUT2D eigenvalue weighted by atomic mass is 32.2. The van der Waals surface area contributed by atoms with Gasteiger partial charge in [0.2, 0.25) is 5.91 Å². The minimum absolute atomic E-state index is 0.0250. The normalized spacial score (nSPS) is 27.0. The summed E-state index contributed by atoms with van der Waals surface area (Å²) in [5.41, 5.74) is 0.773. The number of benzene rings is 2. The highest BCUT2D eigenvalue weighted by molar-refractivity contribution is 8.00. The fraction of sp³-hybridized carbons (Fsp3) is 0.333. The molecule has 2 aliphatic carbocycles. The molecule has 3 aliphatic rings. The van der Waals surface area contributed by atoms with Gasteiger partial charge in [0.05, 0.1) is 22.1 Å². The first-order valence-electron chi connectivity index (χ1n) is 11.9. The standard InChI is InChI=1S/C27H24N2O3S2/c30-21(28-19-8-3-6-15-5-1-2-7-18(15)19)14-29-26-25(34-27(29)31)23(20-9-4-12-32-20)22-16-10-11-17(13-16)24(22)33-26/h1-9,12,16-17,22-24H,10-11,13-14H2,(H,28,30). The second kappa shape index (κ2) is 7.89. The molecule has 172 valence electrons. The van der Waals surface area contributed by atoms with E-state index >= 15 is 0 Å². The zero-order valence-electron chi connectivity index (χ0n) is 18.5. The molecule has 2 fully saturated rings. The van der Waals surface area contributed by atoms with Crippen LogP contribution in [0.4, 0.5) is 5.69 Å². The summed E-state index contributed by atoms with van der Waals surface area (Å²) in [6.07, 6.45) is 5.56. The van der Waals surface area contributed by atoms with Crippen LogP contribution in [0.15, 0.2) is 75.1 Å². The Labute approximate surface area is 205 Å². The minimum Gasteiger partial charge on any atom is -0.469 e. The third-order valence-electron chi connectivity index (χ3n) is 7.91. The van der Waals surface area contributed by atoms with Crippen LogP contribution < -0.4 is 10.2 Å². The van der Waals surface area contributed by atoms with E-state index in [1.807, 2.05) is 60.3 Å². The van der Waals surface area contributed by atoms with Crippen LogP contribution in [-0.4, -0.2) is 15.7 Å². The molecule has 0 saturated heterocycles. The lowest BCUT2D eigenvalue weighted by Crippen LogP contribution is -2.34. The third kappa shape index (κ3) is 3.13. The van der Waals surface area contributed by atoms with Crippen LogP contribution in [0.5, 0.6) is 0 Å². The van der Waals surface area contributed by atoms with Crippen LogP contribution in [0, 0.1) is 17.8 Å². The van der Waals surface area contributed by atoms with Gasteiger partial charge in [-0.1, -0.05) is 47.7 Å². The molecule has 5 atom stereocenters. The Morgan fingerprint density at radius 3 is 2.79 bits per heavy atom. The number of rotatable bonds is 4. The number of nitrogens with one attached hydrogen (secondary N) is 1. The van der Waals surface area contributed by atoms with E-state index < -0.39 is 0 Å². The second-order valence-corrected chi connectivity index (χ2v) is 11.8. The zero-order chi connectivity index (χ0) is 22.8. The molecule has 5 unspecified atom stereocenters. The Balaban J connectivity index is 1.24. The average Bonchev–Trinajstić information content (AvgIpc) is 3.64. The highest BCUT2D eigenvalue weighted by Gasteiger charge is 2.55. The van der Waals surface area contributed by atoms with Gasteiger partial charge in [0.25, 0.3) is 0 Å². The molecule has 4 aromatic rings. The molecule has 0 spiro atoms. The van der Waals surface area contributed by atoms with Crippen molar-refractivity contribution in [3.63, 3.8) is 0 Å². The van der Waals surface area contributed by atoms with Crippen LogP contribution in [0.1, 0.15) is 35.8 Å².